The number of Topliss-reactive ketones (excluding diaryl/α,β-unsaturated/α-hetero) is 1. The van der Waals surface area contributed by atoms with Gasteiger partial charge in [0, 0.05) is 12.3 Å². The molecule has 0 fully saturated rings. The summed E-state index contributed by atoms with van der Waals surface area (Å²) in [6.07, 6.45) is 8.29. The van der Waals surface area contributed by atoms with Gasteiger partial charge in [-0.2, -0.15) is 0 Å². The van der Waals surface area contributed by atoms with E-state index in [4.69, 9.17) is 0 Å². The minimum Gasteiger partial charge on any atom is -0.320 e. The summed E-state index contributed by atoms with van der Waals surface area (Å²) in [6.45, 7) is 9.10. The molecule has 0 radical (unpaired) electrons. The lowest BCUT2D eigenvalue weighted by Crippen LogP contribution is -2.07. The third kappa shape index (κ3) is 15.6. The molecule has 0 heterocycles. The second-order valence-electron chi connectivity index (χ2n) is 4.60. The van der Waals surface area contributed by atoms with E-state index in [1.807, 2.05) is 34.7 Å². The summed E-state index contributed by atoms with van der Waals surface area (Å²) in [5.74, 6) is 0.644. The van der Waals surface area contributed by atoms with Gasteiger partial charge in [0.25, 0.3) is 0 Å². The van der Waals surface area contributed by atoms with Crippen LogP contribution in [-0.2, 0) is 4.79 Å². The van der Waals surface area contributed by atoms with Crippen molar-refractivity contribution in [3.63, 3.8) is 0 Å². The largest absolute Gasteiger partial charge is 0.320 e. The van der Waals surface area contributed by atoms with Gasteiger partial charge in [0.1, 0.15) is 5.78 Å². The van der Waals surface area contributed by atoms with Crippen molar-refractivity contribution in [2.24, 2.45) is 5.92 Å². The van der Waals surface area contributed by atoms with E-state index in [9.17, 15) is 4.79 Å². The Bertz CT molecular complexity index is 155. The SMILES string of the molecule is CC.CNCCCCCCCCC(=O)C(C)C. The Labute approximate surface area is 109 Å². The first kappa shape index (κ1) is 19.0. The van der Waals surface area contributed by atoms with Crippen molar-refractivity contribution in [2.75, 3.05) is 13.6 Å². The molecule has 2 heteroatoms. The van der Waals surface area contributed by atoms with Crippen molar-refractivity contribution < 1.29 is 4.79 Å². The van der Waals surface area contributed by atoms with Crippen LogP contribution in [0.3, 0.4) is 0 Å². The summed E-state index contributed by atoms with van der Waals surface area (Å²) in [5, 5.41) is 3.15. The molecular formula is C15H33NO. The van der Waals surface area contributed by atoms with Crippen LogP contribution in [0.15, 0.2) is 0 Å². The highest BCUT2D eigenvalue weighted by molar-refractivity contribution is 5.80. The third-order valence-corrected chi connectivity index (χ3v) is 2.74. The number of hydrogen-bond donors (Lipinski definition) is 1. The fourth-order valence-electron chi connectivity index (χ4n) is 1.60. The number of ketones is 1. The lowest BCUT2D eigenvalue weighted by atomic mass is 10.0. The lowest BCUT2D eigenvalue weighted by molar-refractivity contribution is -0.122. The standard InChI is InChI=1S/C13H27NO.C2H6/c1-12(2)13(15)10-8-6-4-5-7-9-11-14-3;1-2/h12,14H,4-11H2,1-3H3;1-2H3. The van der Waals surface area contributed by atoms with E-state index >= 15 is 0 Å². The Balaban J connectivity index is 0. The monoisotopic (exact) mass is 243 g/mol. The average molecular weight is 243 g/mol. The predicted molar refractivity (Wildman–Crippen MR) is 77.4 cm³/mol. The summed E-state index contributed by atoms with van der Waals surface area (Å²) in [7, 11) is 2.00. The first-order valence-electron chi connectivity index (χ1n) is 7.35. The molecule has 0 aromatic heterocycles. The van der Waals surface area contributed by atoms with Crippen LogP contribution in [0.4, 0.5) is 0 Å². The third-order valence-electron chi connectivity index (χ3n) is 2.74. The number of hydrogen-bond acceptors (Lipinski definition) is 2. The zero-order valence-electron chi connectivity index (χ0n) is 12.6. The second-order valence-corrected chi connectivity index (χ2v) is 4.60. The molecule has 104 valence electrons. The molecule has 17 heavy (non-hydrogen) atoms. The summed E-state index contributed by atoms with van der Waals surface area (Å²) in [4.78, 5) is 11.3. The van der Waals surface area contributed by atoms with Gasteiger partial charge in [0.15, 0.2) is 0 Å². The van der Waals surface area contributed by atoms with Gasteiger partial charge in [0.05, 0.1) is 0 Å². The van der Waals surface area contributed by atoms with Crippen LogP contribution in [0.1, 0.15) is 72.6 Å². The van der Waals surface area contributed by atoms with Gasteiger partial charge >= 0.3 is 0 Å². The number of rotatable bonds is 10. The summed E-state index contributed by atoms with van der Waals surface area (Å²) >= 11 is 0. The highest BCUT2D eigenvalue weighted by Crippen LogP contribution is 2.09. The highest BCUT2D eigenvalue weighted by Gasteiger charge is 2.05. The molecule has 0 aliphatic heterocycles. The molecule has 0 atom stereocenters. The molecule has 0 spiro atoms. The van der Waals surface area contributed by atoms with Crippen molar-refractivity contribution in [1.29, 1.82) is 0 Å². The van der Waals surface area contributed by atoms with Crippen molar-refractivity contribution >= 4 is 5.78 Å². The molecule has 0 rings (SSSR count). The smallest absolute Gasteiger partial charge is 0.135 e. The molecule has 0 amide bonds. The Hall–Kier alpha value is -0.370. The van der Waals surface area contributed by atoms with Crippen molar-refractivity contribution in [3.05, 3.63) is 0 Å². The normalized spacial score (nSPS) is 10.0. The van der Waals surface area contributed by atoms with E-state index in [1.54, 1.807) is 0 Å². The van der Waals surface area contributed by atoms with Crippen LogP contribution < -0.4 is 5.32 Å². The molecule has 0 saturated carbocycles. The van der Waals surface area contributed by atoms with Gasteiger partial charge in [-0.15, -0.1) is 0 Å². The van der Waals surface area contributed by atoms with Crippen LogP contribution >= 0.6 is 0 Å². The second kappa shape index (κ2) is 15.6. The minimum absolute atomic E-state index is 0.223. The molecule has 0 aliphatic rings. The molecule has 0 aromatic rings. The van der Waals surface area contributed by atoms with Gasteiger partial charge in [-0.25, -0.2) is 0 Å². The van der Waals surface area contributed by atoms with Crippen LogP contribution in [0.5, 0.6) is 0 Å². The fraction of sp³-hybridized carbons (Fsp3) is 0.933. The lowest BCUT2D eigenvalue weighted by Gasteiger charge is -2.04. The maximum Gasteiger partial charge on any atom is 0.135 e. The quantitative estimate of drug-likeness (QED) is 0.583. The topological polar surface area (TPSA) is 29.1 Å². The van der Waals surface area contributed by atoms with Crippen LogP contribution in [-0.4, -0.2) is 19.4 Å². The van der Waals surface area contributed by atoms with E-state index in [-0.39, 0.29) is 5.92 Å². The Morgan fingerprint density at radius 2 is 1.41 bits per heavy atom. The van der Waals surface area contributed by atoms with Crippen molar-refractivity contribution in [3.8, 4) is 0 Å². The first-order chi connectivity index (χ1) is 8.18. The molecule has 0 aliphatic carbocycles. The molecule has 0 bridgehead atoms. The maximum absolute atomic E-state index is 11.3. The van der Waals surface area contributed by atoms with Gasteiger partial charge in [-0.1, -0.05) is 53.4 Å². The zero-order valence-corrected chi connectivity index (χ0v) is 12.6. The molecule has 0 unspecified atom stereocenters. The van der Waals surface area contributed by atoms with Gasteiger partial charge in [-0.05, 0) is 26.4 Å². The number of carbonyl (C=O) groups excluding carboxylic acids is 1. The minimum atomic E-state index is 0.223. The molecule has 1 N–H and O–H groups in total. The predicted octanol–water partition coefficient (Wildman–Crippen LogP) is 4.19. The zero-order chi connectivity index (χ0) is 13.5. The first-order valence-corrected chi connectivity index (χ1v) is 7.35. The Morgan fingerprint density at radius 1 is 0.941 bits per heavy atom. The van der Waals surface area contributed by atoms with Gasteiger partial charge in [0.2, 0.25) is 0 Å². The van der Waals surface area contributed by atoms with Gasteiger partial charge < -0.3 is 5.32 Å². The molecule has 0 aromatic carbocycles. The number of nitrogens with one attached hydrogen (secondary N) is 1. The molecular weight excluding hydrogens is 210 g/mol. The Kier molecular flexibility index (Phi) is 17.5. The average Bonchev–Trinajstić information content (AvgIpc) is 2.34. The highest BCUT2D eigenvalue weighted by atomic mass is 16.1. The Morgan fingerprint density at radius 3 is 1.88 bits per heavy atom. The van der Waals surface area contributed by atoms with E-state index in [1.165, 1.54) is 32.1 Å². The number of unbranched alkanes of at least 4 members (excludes halogenated alkanes) is 5. The molecule has 2 nitrogen and oxygen atoms in total. The van der Waals surface area contributed by atoms with E-state index in [0.29, 0.717) is 5.78 Å². The van der Waals surface area contributed by atoms with Crippen LogP contribution in [0, 0.1) is 5.92 Å². The van der Waals surface area contributed by atoms with E-state index < -0.39 is 0 Å². The number of carbonyl (C=O) groups is 1. The molecule has 0 saturated heterocycles. The van der Waals surface area contributed by atoms with E-state index in [0.717, 1.165) is 19.4 Å². The summed E-state index contributed by atoms with van der Waals surface area (Å²) < 4.78 is 0. The summed E-state index contributed by atoms with van der Waals surface area (Å²) in [6, 6.07) is 0. The summed E-state index contributed by atoms with van der Waals surface area (Å²) in [5.41, 5.74) is 0. The maximum atomic E-state index is 11.3. The van der Waals surface area contributed by atoms with Crippen LogP contribution in [0.2, 0.25) is 0 Å². The van der Waals surface area contributed by atoms with Crippen LogP contribution in [0.25, 0.3) is 0 Å². The van der Waals surface area contributed by atoms with Crippen molar-refractivity contribution in [1.82, 2.24) is 5.32 Å². The fourth-order valence-corrected chi connectivity index (χ4v) is 1.60. The van der Waals surface area contributed by atoms with Crippen molar-refractivity contribution in [2.45, 2.75) is 72.6 Å². The van der Waals surface area contributed by atoms with Gasteiger partial charge in [-0.3, -0.25) is 4.79 Å². The van der Waals surface area contributed by atoms with E-state index in [2.05, 4.69) is 5.32 Å².